The van der Waals surface area contributed by atoms with Crippen molar-refractivity contribution in [3.8, 4) is 0 Å². The van der Waals surface area contributed by atoms with E-state index in [9.17, 15) is 13.2 Å². The third-order valence-electron chi connectivity index (χ3n) is 3.10. The first-order valence-corrected chi connectivity index (χ1v) is 8.02. The number of nitrogens with two attached hydrogens (primary N) is 1. The molecule has 0 amide bonds. The molecule has 0 saturated heterocycles. The SMILES string of the molecule is C.CC(C)CN(Sc1ccc(N)cc1)c1ccccc1C(F)(F)F. The molecule has 132 valence electrons. The molecule has 0 heterocycles. The fourth-order valence-electron chi connectivity index (χ4n) is 2.10. The van der Waals surface area contributed by atoms with Crippen molar-refractivity contribution in [3.63, 3.8) is 0 Å². The van der Waals surface area contributed by atoms with Crippen LogP contribution in [0.25, 0.3) is 0 Å². The van der Waals surface area contributed by atoms with Gasteiger partial charge in [0.15, 0.2) is 0 Å². The van der Waals surface area contributed by atoms with E-state index in [1.807, 2.05) is 26.0 Å². The first-order valence-electron chi connectivity index (χ1n) is 7.24. The Morgan fingerprint density at radius 2 is 1.62 bits per heavy atom. The van der Waals surface area contributed by atoms with E-state index in [0.29, 0.717) is 12.2 Å². The minimum Gasteiger partial charge on any atom is -0.399 e. The van der Waals surface area contributed by atoms with Crippen molar-refractivity contribution in [3.05, 3.63) is 54.1 Å². The van der Waals surface area contributed by atoms with Gasteiger partial charge in [-0.1, -0.05) is 33.4 Å². The summed E-state index contributed by atoms with van der Waals surface area (Å²) in [6, 6.07) is 12.8. The van der Waals surface area contributed by atoms with Gasteiger partial charge in [0.2, 0.25) is 0 Å². The fraction of sp³-hybridized carbons (Fsp3) is 0.333. The Hall–Kier alpha value is -1.82. The van der Waals surface area contributed by atoms with Crippen LogP contribution in [0.1, 0.15) is 26.8 Å². The molecule has 0 fully saturated rings. The van der Waals surface area contributed by atoms with E-state index in [4.69, 9.17) is 5.73 Å². The highest BCUT2D eigenvalue weighted by Crippen LogP contribution is 2.40. The average Bonchev–Trinajstić information content (AvgIpc) is 2.47. The minimum atomic E-state index is -4.38. The summed E-state index contributed by atoms with van der Waals surface area (Å²) in [6.07, 6.45) is -4.38. The lowest BCUT2D eigenvalue weighted by Gasteiger charge is -2.28. The number of benzene rings is 2. The molecule has 2 nitrogen and oxygen atoms in total. The van der Waals surface area contributed by atoms with Gasteiger partial charge < -0.3 is 10.0 Å². The molecule has 0 radical (unpaired) electrons. The molecule has 0 atom stereocenters. The molecular weight excluding hydrogens is 333 g/mol. The van der Waals surface area contributed by atoms with Crippen LogP contribution in [0.5, 0.6) is 0 Å². The lowest BCUT2D eigenvalue weighted by atomic mass is 10.1. The fourth-order valence-corrected chi connectivity index (χ4v) is 3.25. The van der Waals surface area contributed by atoms with Gasteiger partial charge in [-0.05, 0) is 54.3 Å². The molecule has 0 bridgehead atoms. The molecule has 0 aromatic heterocycles. The van der Waals surface area contributed by atoms with Crippen LogP contribution in [0.2, 0.25) is 0 Å². The molecule has 0 aliphatic carbocycles. The third-order valence-corrected chi connectivity index (χ3v) is 4.15. The Labute approximate surface area is 146 Å². The van der Waals surface area contributed by atoms with Gasteiger partial charge in [0, 0.05) is 17.1 Å². The van der Waals surface area contributed by atoms with Crippen molar-refractivity contribution in [1.82, 2.24) is 0 Å². The predicted molar refractivity (Wildman–Crippen MR) is 97.1 cm³/mol. The van der Waals surface area contributed by atoms with Crippen LogP contribution in [-0.2, 0) is 6.18 Å². The smallest absolute Gasteiger partial charge is 0.399 e. The van der Waals surface area contributed by atoms with Crippen LogP contribution in [0.4, 0.5) is 24.5 Å². The van der Waals surface area contributed by atoms with Crippen LogP contribution < -0.4 is 10.0 Å². The molecule has 0 spiro atoms. The Morgan fingerprint density at radius 1 is 1.04 bits per heavy atom. The van der Waals surface area contributed by atoms with Gasteiger partial charge in [0.1, 0.15) is 0 Å². The molecule has 24 heavy (non-hydrogen) atoms. The Kier molecular flexibility index (Phi) is 7.02. The molecule has 0 saturated carbocycles. The molecule has 2 aromatic carbocycles. The highest BCUT2D eigenvalue weighted by Gasteiger charge is 2.34. The van der Waals surface area contributed by atoms with Crippen LogP contribution in [0.15, 0.2) is 53.4 Å². The summed E-state index contributed by atoms with van der Waals surface area (Å²) in [5, 5.41) is 0. The van der Waals surface area contributed by atoms with Gasteiger partial charge in [0.05, 0.1) is 11.3 Å². The Balaban J connectivity index is 0.00000288. The van der Waals surface area contributed by atoms with Crippen molar-refractivity contribution >= 4 is 23.3 Å². The summed E-state index contributed by atoms with van der Waals surface area (Å²) in [4.78, 5) is 0.844. The second-order valence-electron chi connectivity index (χ2n) is 5.63. The number of alkyl halides is 3. The zero-order chi connectivity index (χ0) is 17.0. The van der Waals surface area contributed by atoms with Gasteiger partial charge in [-0.3, -0.25) is 0 Å². The molecule has 0 aliphatic rings. The Morgan fingerprint density at radius 3 is 2.17 bits per heavy atom. The van der Waals surface area contributed by atoms with Gasteiger partial charge >= 0.3 is 6.18 Å². The van der Waals surface area contributed by atoms with Crippen molar-refractivity contribution in [1.29, 1.82) is 0 Å². The minimum absolute atomic E-state index is 0. The molecule has 2 aromatic rings. The molecule has 2 N–H and O–H groups in total. The number of para-hydroxylation sites is 1. The normalized spacial score (nSPS) is 11.2. The maximum absolute atomic E-state index is 13.3. The largest absolute Gasteiger partial charge is 0.418 e. The summed E-state index contributed by atoms with van der Waals surface area (Å²) in [5.74, 6) is 0.220. The lowest BCUT2D eigenvalue weighted by Crippen LogP contribution is -2.23. The zero-order valence-electron chi connectivity index (χ0n) is 13.0. The van der Waals surface area contributed by atoms with E-state index < -0.39 is 11.7 Å². The highest BCUT2D eigenvalue weighted by atomic mass is 32.2. The molecule has 0 unspecified atom stereocenters. The van der Waals surface area contributed by atoms with Gasteiger partial charge in [-0.2, -0.15) is 13.2 Å². The lowest BCUT2D eigenvalue weighted by molar-refractivity contribution is -0.137. The van der Waals surface area contributed by atoms with E-state index >= 15 is 0 Å². The summed E-state index contributed by atoms with van der Waals surface area (Å²) in [7, 11) is 0. The standard InChI is InChI=1S/C17H19F3N2S.CH4/c1-12(2)11-22(23-14-9-7-13(21)8-10-14)16-6-4-3-5-15(16)17(18,19)20;/h3-10,12H,11,21H2,1-2H3;1H4. The monoisotopic (exact) mass is 356 g/mol. The number of hydrogen-bond acceptors (Lipinski definition) is 3. The van der Waals surface area contributed by atoms with E-state index in [-0.39, 0.29) is 19.0 Å². The zero-order valence-corrected chi connectivity index (χ0v) is 13.8. The van der Waals surface area contributed by atoms with Crippen LogP contribution in [0.3, 0.4) is 0 Å². The summed E-state index contributed by atoms with van der Waals surface area (Å²) in [5.41, 5.74) is 5.84. The van der Waals surface area contributed by atoms with Gasteiger partial charge in [-0.15, -0.1) is 0 Å². The van der Waals surface area contributed by atoms with E-state index in [2.05, 4.69) is 0 Å². The van der Waals surface area contributed by atoms with E-state index in [1.54, 1.807) is 22.5 Å². The Bertz CT molecular complexity index is 639. The van der Waals surface area contributed by atoms with Crippen molar-refractivity contribution < 1.29 is 13.2 Å². The van der Waals surface area contributed by atoms with E-state index in [0.717, 1.165) is 11.0 Å². The molecule has 0 aliphatic heterocycles. The van der Waals surface area contributed by atoms with Crippen LogP contribution in [0, 0.1) is 5.92 Å². The third kappa shape index (κ3) is 5.37. The van der Waals surface area contributed by atoms with Gasteiger partial charge in [0.25, 0.3) is 0 Å². The maximum Gasteiger partial charge on any atom is 0.418 e. The van der Waals surface area contributed by atoms with Crippen molar-refractivity contribution in [2.75, 3.05) is 16.6 Å². The summed E-state index contributed by atoms with van der Waals surface area (Å²) >= 11 is 1.29. The maximum atomic E-state index is 13.3. The first kappa shape index (κ1) is 20.2. The van der Waals surface area contributed by atoms with Crippen molar-refractivity contribution in [2.24, 2.45) is 5.92 Å². The number of anilines is 2. The first-order chi connectivity index (χ1) is 10.8. The topological polar surface area (TPSA) is 29.3 Å². The van der Waals surface area contributed by atoms with Crippen molar-refractivity contribution in [2.45, 2.75) is 32.3 Å². The predicted octanol–water partition coefficient (Wildman–Crippen LogP) is 6.09. The number of rotatable bonds is 5. The number of hydrogen-bond donors (Lipinski definition) is 1. The number of nitrogen functional groups attached to an aromatic ring is 1. The second-order valence-corrected chi connectivity index (χ2v) is 6.72. The number of nitrogens with zero attached hydrogens (tertiary/aromatic N) is 1. The number of halogens is 3. The highest BCUT2D eigenvalue weighted by molar-refractivity contribution is 8.00. The average molecular weight is 356 g/mol. The molecule has 6 heteroatoms. The second kappa shape index (κ2) is 8.33. The van der Waals surface area contributed by atoms with Crippen LogP contribution in [-0.4, -0.2) is 6.54 Å². The van der Waals surface area contributed by atoms with Crippen LogP contribution >= 0.6 is 11.9 Å². The summed E-state index contributed by atoms with van der Waals surface area (Å²) in [6.45, 7) is 4.46. The van der Waals surface area contributed by atoms with Gasteiger partial charge in [-0.25, -0.2) is 0 Å². The molecular formula is C18H23F3N2S. The molecule has 2 rings (SSSR count). The quantitative estimate of drug-likeness (QED) is 0.519. The van der Waals surface area contributed by atoms with E-state index in [1.165, 1.54) is 24.1 Å². The summed E-state index contributed by atoms with van der Waals surface area (Å²) < 4.78 is 41.5.